The lowest BCUT2D eigenvalue weighted by Gasteiger charge is -2.33. The molecule has 1 aromatic rings. The lowest BCUT2D eigenvalue weighted by Crippen LogP contribution is -2.50. The van der Waals surface area contributed by atoms with Crippen LogP contribution in [-0.2, 0) is 10.0 Å². The molecule has 1 aliphatic rings. The van der Waals surface area contributed by atoms with Gasteiger partial charge in [-0.25, -0.2) is 8.42 Å². The molecule has 1 amide bonds. The SMILES string of the molecule is Cc1cccc(C(=O)N2CCN(S(C)(=O)=O)CC2)c1[N+](=O)[O-]. The van der Waals surface area contributed by atoms with Gasteiger partial charge in [-0.3, -0.25) is 14.9 Å². The van der Waals surface area contributed by atoms with Gasteiger partial charge in [0.1, 0.15) is 5.56 Å². The minimum atomic E-state index is -3.28. The second-order valence-electron chi connectivity index (χ2n) is 5.18. The number of amides is 1. The fourth-order valence-corrected chi connectivity index (χ4v) is 3.29. The van der Waals surface area contributed by atoms with Gasteiger partial charge in [-0.2, -0.15) is 4.31 Å². The number of para-hydroxylation sites is 1. The van der Waals surface area contributed by atoms with Crippen molar-refractivity contribution in [1.82, 2.24) is 9.21 Å². The minimum absolute atomic E-state index is 0.0396. The zero-order chi connectivity index (χ0) is 16.5. The number of sulfonamides is 1. The van der Waals surface area contributed by atoms with Crippen LogP contribution >= 0.6 is 0 Å². The molecule has 8 nitrogen and oxygen atoms in total. The van der Waals surface area contributed by atoms with Crippen molar-refractivity contribution in [1.29, 1.82) is 0 Å². The molecule has 0 bridgehead atoms. The standard InChI is InChI=1S/C13H17N3O5S/c1-10-4-3-5-11(12(10)16(18)19)13(17)14-6-8-15(9-7-14)22(2,20)21/h3-5H,6-9H2,1-2H3. The summed E-state index contributed by atoms with van der Waals surface area (Å²) in [6, 6.07) is 4.61. The molecule has 0 unspecified atom stereocenters. The molecule has 0 atom stereocenters. The largest absolute Gasteiger partial charge is 0.336 e. The van der Waals surface area contributed by atoms with E-state index in [9.17, 15) is 23.3 Å². The van der Waals surface area contributed by atoms with E-state index in [-0.39, 0.29) is 37.4 Å². The normalized spacial score (nSPS) is 16.5. The second-order valence-corrected chi connectivity index (χ2v) is 7.16. The summed E-state index contributed by atoms with van der Waals surface area (Å²) in [7, 11) is -3.28. The Morgan fingerprint density at radius 3 is 2.32 bits per heavy atom. The van der Waals surface area contributed by atoms with E-state index >= 15 is 0 Å². The summed E-state index contributed by atoms with van der Waals surface area (Å²) in [6.07, 6.45) is 1.12. The van der Waals surface area contributed by atoms with E-state index in [1.807, 2.05) is 0 Å². The summed E-state index contributed by atoms with van der Waals surface area (Å²) < 4.78 is 24.2. The van der Waals surface area contributed by atoms with E-state index < -0.39 is 20.9 Å². The Kier molecular flexibility index (Phi) is 4.47. The zero-order valence-electron chi connectivity index (χ0n) is 12.4. The summed E-state index contributed by atoms with van der Waals surface area (Å²) >= 11 is 0. The van der Waals surface area contributed by atoms with E-state index in [4.69, 9.17) is 0 Å². The molecular formula is C13H17N3O5S. The van der Waals surface area contributed by atoms with Crippen molar-refractivity contribution >= 4 is 21.6 Å². The van der Waals surface area contributed by atoms with Crippen molar-refractivity contribution < 1.29 is 18.1 Å². The van der Waals surface area contributed by atoms with Crippen molar-refractivity contribution in [3.63, 3.8) is 0 Å². The lowest BCUT2D eigenvalue weighted by molar-refractivity contribution is -0.385. The third-order valence-corrected chi connectivity index (χ3v) is 4.95. The van der Waals surface area contributed by atoms with E-state index in [0.717, 1.165) is 6.26 Å². The number of carbonyl (C=O) groups is 1. The topological polar surface area (TPSA) is 101 Å². The van der Waals surface area contributed by atoms with Crippen LogP contribution in [0.1, 0.15) is 15.9 Å². The van der Waals surface area contributed by atoms with Gasteiger partial charge in [0.15, 0.2) is 0 Å². The highest BCUT2D eigenvalue weighted by Gasteiger charge is 2.30. The van der Waals surface area contributed by atoms with Crippen LogP contribution in [-0.4, -0.2) is 60.9 Å². The molecule has 1 fully saturated rings. The number of nitro benzene ring substituents is 1. The summed E-state index contributed by atoms with van der Waals surface area (Å²) in [6.45, 7) is 2.42. The first-order valence-electron chi connectivity index (χ1n) is 6.70. The zero-order valence-corrected chi connectivity index (χ0v) is 13.2. The predicted octanol–water partition coefficient (Wildman–Crippen LogP) is 0.621. The van der Waals surface area contributed by atoms with Crippen LogP contribution in [0.15, 0.2) is 18.2 Å². The quantitative estimate of drug-likeness (QED) is 0.598. The molecule has 0 aromatic heterocycles. The first-order valence-corrected chi connectivity index (χ1v) is 8.55. The first kappa shape index (κ1) is 16.4. The van der Waals surface area contributed by atoms with Gasteiger partial charge in [-0.15, -0.1) is 0 Å². The monoisotopic (exact) mass is 327 g/mol. The van der Waals surface area contributed by atoms with Crippen molar-refractivity contribution in [3.8, 4) is 0 Å². The van der Waals surface area contributed by atoms with Crippen LogP contribution in [0.4, 0.5) is 5.69 Å². The number of nitro groups is 1. The van der Waals surface area contributed by atoms with Gasteiger partial charge in [0.25, 0.3) is 11.6 Å². The number of benzene rings is 1. The van der Waals surface area contributed by atoms with Crippen molar-refractivity contribution in [2.24, 2.45) is 0 Å². The highest BCUT2D eigenvalue weighted by atomic mass is 32.2. The summed E-state index contributed by atoms with van der Waals surface area (Å²) in [5.41, 5.74) is 0.265. The van der Waals surface area contributed by atoms with E-state index in [2.05, 4.69) is 0 Å². The van der Waals surface area contributed by atoms with Crippen LogP contribution in [0.5, 0.6) is 0 Å². The van der Waals surface area contributed by atoms with Crippen LogP contribution in [0, 0.1) is 17.0 Å². The number of rotatable bonds is 3. The molecule has 120 valence electrons. The Hall–Kier alpha value is -2.00. The maximum Gasteiger partial charge on any atom is 0.285 e. The third-order valence-electron chi connectivity index (χ3n) is 3.65. The molecule has 1 aliphatic heterocycles. The van der Waals surface area contributed by atoms with Crippen LogP contribution < -0.4 is 0 Å². The van der Waals surface area contributed by atoms with Gasteiger partial charge in [-0.05, 0) is 13.0 Å². The Morgan fingerprint density at radius 2 is 1.82 bits per heavy atom. The number of piperazine rings is 1. The Balaban J connectivity index is 2.21. The smallest absolute Gasteiger partial charge is 0.285 e. The van der Waals surface area contributed by atoms with E-state index in [1.54, 1.807) is 19.1 Å². The fourth-order valence-electron chi connectivity index (χ4n) is 2.47. The molecule has 1 saturated heterocycles. The van der Waals surface area contributed by atoms with Gasteiger partial charge in [0.05, 0.1) is 11.2 Å². The van der Waals surface area contributed by atoms with Crippen molar-refractivity contribution in [2.75, 3.05) is 32.4 Å². The molecular weight excluding hydrogens is 310 g/mol. The van der Waals surface area contributed by atoms with E-state index in [0.29, 0.717) is 5.56 Å². The van der Waals surface area contributed by atoms with Crippen LogP contribution in [0.3, 0.4) is 0 Å². The number of hydrogen-bond donors (Lipinski definition) is 0. The molecule has 1 aromatic carbocycles. The fraction of sp³-hybridized carbons (Fsp3) is 0.462. The molecule has 2 rings (SSSR count). The van der Waals surface area contributed by atoms with E-state index in [1.165, 1.54) is 15.3 Å². The average molecular weight is 327 g/mol. The van der Waals surface area contributed by atoms with Gasteiger partial charge in [-0.1, -0.05) is 12.1 Å². The molecule has 9 heteroatoms. The Labute approximate surface area is 128 Å². The summed E-state index contributed by atoms with van der Waals surface area (Å²) in [4.78, 5) is 24.5. The Morgan fingerprint density at radius 1 is 1.23 bits per heavy atom. The number of nitrogens with zero attached hydrogens (tertiary/aromatic N) is 3. The number of hydrogen-bond acceptors (Lipinski definition) is 5. The minimum Gasteiger partial charge on any atom is -0.336 e. The molecule has 0 spiro atoms. The second kappa shape index (κ2) is 6.01. The molecule has 22 heavy (non-hydrogen) atoms. The number of carbonyl (C=O) groups excluding carboxylic acids is 1. The lowest BCUT2D eigenvalue weighted by atomic mass is 10.1. The average Bonchev–Trinajstić information content (AvgIpc) is 2.45. The summed E-state index contributed by atoms with van der Waals surface area (Å²) in [5, 5.41) is 11.2. The van der Waals surface area contributed by atoms with Crippen molar-refractivity contribution in [2.45, 2.75) is 6.92 Å². The highest BCUT2D eigenvalue weighted by Crippen LogP contribution is 2.25. The van der Waals surface area contributed by atoms with Gasteiger partial charge in [0.2, 0.25) is 10.0 Å². The molecule has 0 saturated carbocycles. The first-order chi connectivity index (χ1) is 10.2. The van der Waals surface area contributed by atoms with Gasteiger partial charge >= 0.3 is 0 Å². The van der Waals surface area contributed by atoms with Gasteiger partial charge < -0.3 is 4.90 Å². The maximum atomic E-state index is 12.5. The summed E-state index contributed by atoms with van der Waals surface area (Å²) in [5.74, 6) is -0.441. The van der Waals surface area contributed by atoms with Crippen LogP contribution in [0.2, 0.25) is 0 Å². The molecule has 0 aliphatic carbocycles. The van der Waals surface area contributed by atoms with Crippen molar-refractivity contribution in [3.05, 3.63) is 39.4 Å². The van der Waals surface area contributed by atoms with Crippen LogP contribution in [0.25, 0.3) is 0 Å². The third kappa shape index (κ3) is 3.25. The van der Waals surface area contributed by atoms with Gasteiger partial charge in [0, 0.05) is 31.7 Å². The molecule has 0 N–H and O–H groups in total. The molecule has 0 radical (unpaired) electrons. The highest BCUT2D eigenvalue weighted by molar-refractivity contribution is 7.88. The maximum absolute atomic E-state index is 12.5. The number of aryl methyl sites for hydroxylation is 1. The Bertz CT molecular complexity index is 708. The molecule has 1 heterocycles. The predicted molar refractivity (Wildman–Crippen MR) is 80.2 cm³/mol.